The van der Waals surface area contributed by atoms with Crippen LogP contribution in [0, 0.1) is 0 Å². The monoisotopic (exact) mass is 385 g/mol. The zero-order valence-electron chi connectivity index (χ0n) is 15.0. The van der Waals surface area contributed by atoms with Crippen LogP contribution in [-0.4, -0.2) is 36.0 Å². The standard InChI is InChI=1S/C19H19N3O4S/c1-24-15-9-8-13(10-16(15)25-2)19-21-18(26-22-19)11-20-17(23)12-27-14-6-4-3-5-7-14/h3-10H,11-12H2,1-2H3,(H,20,23). The molecule has 1 heterocycles. The Labute approximate surface area is 161 Å². The van der Waals surface area contributed by atoms with Crippen LogP contribution in [-0.2, 0) is 11.3 Å². The molecule has 0 aliphatic heterocycles. The highest BCUT2D eigenvalue weighted by molar-refractivity contribution is 8.00. The second kappa shape index (κ2) is 9.09. The SMILES string of the molecule is COc1ccc(-c2noc(CNC(=O)CSc3ccccc3)n2)cc1OC. The number of methoxy groups -OCH3 is 2. The molecular weight excluding hydrogens is 366 g/mol. The van der Waals surface area contributed by atoms with Gasteiger partial charge in [-0.15, -0.1) is 11.8 Å². The summed E-state index contributed by atoms with van der Waals surface area (Å²) in [7, 11) is 3.13. The van der Waals surface area contributed by atoms with Crippen molar-refractivity contribution in [3.8, 4) is 22.9 Å². The molecule has 0 spiro atoms. The summed E-state index contributed by atoms with van der Waals surface area (Å²) in [6, 6.07) is 15.1. The number of carbonyl (C=O) groups is 1. The van der Waals surface area contributed by atoms with E-state index in [1.807, 2.05) is 36.4 Å². The van der Waals surface area contributed by atoms with E-state index in [0.717, 1.165) is 10.5 Å². The molecular formula is C19H19N3O4S. The van der Waals surface area contributed by atoms with Crippen LogP contribution < -0.4 is 14.8 Å². The van der Waals surface area contributed by atoms with Crippen molar-refractivity contribution in [2.75, 3.05) is 20.0 Å². The summed E-state index contributed by atoms with van der Waals surface area (Å²) >= 11 is 1.47. The smallest absolute Gasteiger partial charge is 0.246 e. The lowest BCUT2D eigenvalue weighted by Gasteiger charge is -2.07. The number of hydrogen-bond acceptors (Lipinski definition) is 7. The van der Waals surface area contributed by atoms with Crippen molar-refractivity contribution in [2.45, 2.75) is 11.4 Å². The van der Waals surface area contributed by atoms with Crippen molar-refractivity contribution in [3.05, 3.63) is 54.4 Å². The van der Waals surface area contributed by atoms with Gasteiger partial charge >= 0.3 is 0 Å². The number of rotatable bonds is 8. The molecule has 140 valence electrons. The fourth-order valence-corrected chi connectivity index (χ4v) is 3.06. The topological polar surface area (TPSA) is 86.5 Å². The highest BCUT2D eigenvalue weighted by Gasteiger charge is 2.13. The van der Waals surface area contributed by atoms with E-state index >= 15 is 0 Å². The molecule has 0 bridgehead atoms. The van der Waals surface area contributed by atoms with Crippen LogP contribution in [0.2, 0.25) is 0 Å². The molecule has 0 fully saturated rings. The van der Waals surface area contributed by atoms with Crippen LogP contribution >= 0.6 is 11.8 Å². The molecule has 1 amide bonds. The second-order valence-electron chi connectivity index (χ2n) is 5.46. The predicted molar refractivity (Wildman–Crippen MR) is 102 cm³/mol. The molecule has 3 aromatic rings. The van der Waals surface area contributed by atoms with Gasteiger partial charge in [0.1, 0.15) is 0 Å². The summed E-state index contributed by atoms with van der Waals surface area (Å²) in [5, 5.41) is 6.72. The molecule has 0 atom stereocenters. The van der Waals surface area contributed by atoms with Crippen molar-refractivity contribution < 1.29 is 18.8 Å². The zero-order chi connectivity index (χ0) is 19.1. The number of carbonyl (C=O) groups excluding carboxylic acids is 1. The number of ether oxygens (including phenoxy) is 2. The van der Waals surface area contributed by atoms with E-state index in [4.69, 9.17) is 14.0 Å². The van der Waals surface area contributed by atoms with Crippen molar-refractivity contribution >= 4 is 17.7 Å². The summed E-state index contributed by atoms with van der Waals surface area (Å²) in [6.45, 7) is 0.175. The average molecular weight is 385 g/mol. The highest BCUT2D eigenvalue weighted by Crippen LogP contribution is 2.31. The fraction of sp³-hybridized carbons (Fsp3) is 0.211. The summed E-state index contributed by atoms with van der Waals surface area (Å²) < 4.78 is 15.7. The summed E-state index contributed by atoms with van der Waals surface area (Å²) in [4.78, 5) is 17.3. The normalized spacial score (nSPS) is 10.4. The van der Waals surface area contributed by atoms with Crippen molar-refractivity contribution in [2.24, 2.45) is 0 Å². The van der Waals surface area contributed by atoms with Gasteiger partial charge in [-0.3, -0.25) is 4.79 Å². The molecule has 3 rings (SSSR count). The van der Waals surface area contributed by atoms with Crippen molar-refractivity contribution in [1.29, 1.82) is 0 Å². The lowest BCUT2D eigenvalue weighted by Crippen LogP contribution is -2.24. The van der Waals surface area contributed by atoms with Gasteiger partial charge in [0, 0.05) is 10.5 Å². The van der Waals surface area contributed by atoms with E-state index in [0.29, 0.717) is 29.0 Å². The molecule has 1 aromatic heterocycles. The molecule has 7 nitrogen and oxygen atoms in total. The number of thioether (sulfide) groups is 1. The maximum absolute atomic E-state index is 12.0. The summed E-state index contributed by atoms with van der Waals surface area (Å²) in [5.41, 5.74) is 0.730. The first-order chi connectivity index (χ1) is 13.2. The number of hydrogen-bond donors (Lipinski definition) is 1. The van der Waals surface area contributed by atoms with E-state index in [9.17, 15) is 4.79 Å². The van der Waals surface area contributed by atoms with E-state index < -0.39 is 0 Å². The Kier molecular flexibility index (Phi) is 6.32. The first-order valence-corrected chi connectivity index (χ1v) is 9.17. The molecule has 0 unspecified atom stereocenters. The minimum absolute atomic E-state index is 0.102. The Morgan fingerprint density at radius 3 is 2.63 bits per heavy atom. The molecule has 8 heteroatoms. The predicted octanol–water partition coefficient (Wildman–Crippen LogP) is 3.16. The van der Waals surface area contributed by atoms with Gasteiger partial charge < -0.3 is 19.3 Å². The van der Waals surface area contributed by atoms with Gasteiger partial charge in [0.25, 0.3) is 0 Å². The number of nitrogens with one attached hydrogen (secondary N) is 1. The maximum atomic E-state index is 12.0. The summed E-state index contributed by atoms with van der Waals surface area (Å²) in [6.07, 6.45) is 0. The molecule has 0 aliphatic carbocycles. The third-order valence-corrected chi connectivity index (χ3v) is 4.67. The van der Waals surface area contributed by atoms with Crippen LogP contribution in [0.4, 0.5) is 0 Å². The Morgan fingerprint density at radius 1 is 1.11 bits per heavy atom. The van der Waals surface area contributed by atoms with Crippen LogP contribution in [0.3, 0.4) is 0 Å². The van der Waals surface area contributed by atoms with Crippen LogP contribution in [0.15, 0.2) is 57.9 Å². The molecule has 0 radical (unpaired) electrons. The fourth-order valence-electron chi connectivity index (χ4n) is 2.31. The Bertz CT molecular complexity index is 899. The van der Waals surface area contributed by atoms with Crippen molar-refractivity contribution in [1.82, 2.24) is 15.5 Å². The van der Waals surface area contributed by atoms with Crippen LogP contribution in [0.5, 0.6) is 11.5 Å². The number of nitrogens with zero attached hydrogens (tertiary/aromatic N) is 2. The van der Waals surface area contributed by atoms with Crippen molar-refractivity contribution in [3.63, 3.8) is 0 Å². The van der Waals surface area contributed by atoms with Gasteiger partial charge in [0.2, 0.25) is 17.6 Å². The minimum Gasteiger partial charge on any atom is -0.493 e. The molecule has 0 aliphatic rings. The molecule has 27 heavy (non-hydrogen) atoms. The third kappa shape index (κ3) is 5.01. The van der Waals surface area contributed by atoms with Gasteiger partial charge in [-0.2, -0.15) is 4.98 Å². The third-order valence-electron chi connectivity index (χ3n) is 3.66. The van der Waals surface area contributed by atoms with Crippen LogP contribution in [0.25, 0.3) is 11.4 Å². The van der Waals surface area contributed by atoms with Gasteiger partial charge in [0.15, 0.2) is 11.5 Å². The van der Waals surface area contributed by atoms with Gasteiger partial charge in [0.05, 0.1) is 26.5 Å². The Balaban J connectivity index is 1.55. The highest BCUT2D eigenvalue weighted by atomic mass is 32.2. The number of amides is 1. The van der Waals surface area contributed by atoms with E-state index in [1.54, 1.807) is 26.4 Å². The van der Waals surface area contributed by atoms with Gasteiger partial charge in [-0.1, -0.05) is 23.4 Å². The van der Waals surface area contributed by atoms with E-state index in [-0.39, 0.29) is 12.5 Å². The molecule has 0 saturated heterocycles. The van der Waals surface area contributed by atoms with E-state index in [1.165, 1.54) is 11.8 Å². The average Bonchev–Trinajstić information content (AvgIpc) is 3.20. The lowest BCUT2D eigenvalue weighted by atomic mass is 10.2. The van der Waals surface area contributed by atoms with Gasteiger partial charge in [-0.05, 0) is 30.3 Å². The number of benzene rings is 2. The summed E-state index contributed by atoms with van der Waals surface area (Å²) in [5.74, 6) is 2.16. The maximum Gasteiger partial charge on any atom is 0.246 e. The molecule has 0 saturated carbocycles. The largest absolute Gasteiger partial charge is 0.493 e. The zero-order valence-corrected chi connectivity index (χ0v) is 15.8. The molecule has 2 aromatic carbocycles. The van der Waals surface area contributed by atoms with E-state index in [2.05, 4.69) is 15.5 Å². The first kappa shape index (κ1) is 18.8. The number of aromatic nitrogens is 2. The van der Waals surface area contributed by atoms with Gasteiger partial charge in [-0.25, -0.2) is 0 Å². The van der Waals surface area contributed by atoms with Crippen LogP contribution in [0.1, 0.15) is 5.89 Å². The first-order valence-electron chi connectivity index (χ1n) is 8.19. The quantitative estimate of drug-likeness (QED) is 0.596. The minimum atomic E-state index is -0.102. The lowest BCUT2D eigenvalue weighted by molar-refractivity contribution is -0.118. The molecule has 1 N–H and O–H groups in total. The Hall–Kier alpha value is -3.00. The second-order valence-corrected chi connectivity index (χ2v) is 6.51. The Morgan fingerprint density at radius 2 is 1.89 bits per heavy atom.